The highest BCUT2D eigenvalue weighted by Crippen LogP contribution is 2.08. The summed E-state index contributed by atoms with van der Waals surface area (Å²) in [5.41, 5.74) is 0.982. The van der Waals surface area contributed by atoms with Crippen molar-refractivity contribution in [1.82, 2.24) is 15.4 Å². The van der Waals surface area contributed by atoms with Crippen molar-refractivity contribution in [3.05, 3.63) is 17.5 Å². The predicted octanol–water partition coefficient (Wildman–Crippen LogP) is 2.65. The Morgan fingerprint density at radius 2 is 2.06 bits per heavy atom. The van der Waals surface area contributed by atoms with E-state index in [1.165, 1.54) is 6.42 Å². The van der Waals surface area contributed by atoms with Crippen LogP contribution in [-0.4, -0.2) is 29.7 Å². The van der Waals surface area contributed by atoms with Gasteiger partial charge in [-0.25, -0.2) is 0 Å². The molecule has 0 radical (unpaired) electrons. The van der Waals surface area contributed by atoms with Crippen molar-refractivity contribution >= 4 is 0 Å². The molecule has 0 saturated carbocycles. The van der Waals surface area contributed by atoms with E-state index in [0.717, 1.165) is 37.0 Å². The number of hydrogen-bond donors (Lipinski definition) is 1. The van der Waals surface area contributed by atoms with Gasteiger partial charge in [0, 0.05) is 18.7 Å². The summed E-state index contributed by atoms with van der Waals surface area (Å²) < 4.78 is 5.34. The molecular formula is C14H27N3O. The van der Waals surface area contributed by atoms with Crippen LogP contribution in [0.1, 0.15) is 45.6 Å². The number of aromatic nitrogens is 1. The van der Waals surface area contributed by atoms with E-state index in [0.29, 0.717) is 6.04 Å². The predicted molar refractivity (Wildman–Crippen MR) is 74.3 cm³/mol. The molecule has 1 rings (SSSR count). The smallest absolute Gasteiger partial charge is 0.151 e. The van der Waals surface area contributed by atoms with Crippen molar-refractivity contribution in [2.24, 2.45) is 5.92 Å². The van der Waals surface area contributed by atoms with E-state index in [4.69, 9.17) is 4.52 Å². The number of rotatable bonds is 8. The zero-order valence-corrected chi connectivity index (χ0v) is 12.4. The summed E-state index contributed by atoms with van der Waals surface area (Å²) >= 11 is 0. The first kappa shape index (κ1) is 15.2. The molecule has 1 aromatic rings. The summed E-state index contributed by atoms with van der Waals surface area (Å²) in [7, 11) is 2.12. The molecule has 0 bridgehead atoms. The Kier molecular flexibility index (Phi) is 6.36. The van der Waals surface area contributed by atoms with Gasteiger partial charge in [-0.05, 0) is 25.9 Å². The first-order valence-corrected chi connectivity index (χ1v) is 6.83. The van der Waals surface area contributed by atoms with Gasteiger partial charge in [0.15, 0.2) is 5.76 Å². The topological polar surface area (TPSA) is 41.3 Å². The molecule has 0 unspecified atom stereocenters. The van der Waals surface area contributed by atoms with Crippen molar-refractivity contribution < 1.29 is 4.52 Å². The Labute approximate surface area is 111 Å². The Balaban J connectivity index is 2.34. The molecule has 0 amide bonds. The van der Waals surface area contributed by atoms with Crippen LogP contribution in [-0.2, 0) is 13.1 Å². The third-order valence-corrected chi connectivity index (χ3v) is 2.81. The monoisotopic (exact) mass is 253 g/mol. The van der Waals surface area contributed by atoms with Crippen LogP contribution in [0, 0.1) is 5.92 Å². The fourth-order valence-electron chi connectivity index (χ4n) is 1.65. The lowest BCUT2D eigenvalue weighted by molar-refractivity contribution is 0.259. The molecule has 1 heterocycles. The summed E-state index contributed by atoms with van der Waals surface area (Å²) in [6, 6.07) is 2.51. The van der Waals surface area contributed by atoms with Gasteiger partial charge in [-0.2, -0.15) is 0 Å². The lowest BCUT2D eigenvalue weighted by Gasteiger charge is -2.15. The van der Waals surface area contributed by atoms with Crippen molar-refractivity contribution in [2.45, 2.75) is 53.2 Å². The molecule has 4 nitrogen and oxygen atoms in total. The minimum Gasteiger partial charge on any atom is -0.360 e. The second-order valence-electron chi connectivity index (χ2n) is 5.74. The van der Waals surface area contributed by atoms with Gasteiger partial charge in [0.05, 0.1) is 12.2 Å². The molecule has 1 aromatic heterocycles. The van der Waals surface area contributed by atoms with Gasteiger partial charge in [0.2, 0.25) is 0 Å². The molecule has 0 fully saturated rings. The van der Waals surface area contributed by atoms with Gasteiger partial charge < -0.3 is 9.84 Å². The fourth-order valence-corrected chi connectivity index (χ4v) is 1.65. The number of nitrogens with zero attached hydrogens (tertiary/aromatic N) is 2. The average molecular weight is 253 g/mol. The zero-order chi connectivity index (χ0) is 13.5. The third-order valence-electron chi connectivity index (χ3n) is 2.81. The fraction of sp³-hybridized carbons (Fsp3) is 0.786. The summed E-state index contributed by atoms with van der Waals surface area (Å²) in [6.07, 6.45) is 1.21. The Hall–Kier alpha value is -0.870. The van der Waals surface area contributed by atoms with E-state index < -0.39 is 0 Å². The van der Waals surface area contributed by atoms with Crippen molar-refractivity contribution in [3.8, 4) is 0 Å². The molecule has 1 N–H and O–H groups in total. The maximum absolute atomic E-state index is 5.34. The van der Waals surface area contributed by atoms with Crippen molar-refractivity contribution in [1.29, 1.82) is 0 Å². The van der Waals surface area contributed by atoms with Crippen LogP contribution >= 0.6 is 0 Å². The first-order chi connectivity index (χ1) is 8.47. The standard InChI is InChI=1S/C14H27N3O/c1-11(2)6-7-17(5)10-14-8-13(16-18-14)9-15-12(3)4/h8,11-12,15H,6-7,9-10H2,1-5H3. The molecule has 0 spiro atoms. The molecule has 0 saturated heterocycles. The van der Waals surface area contributed by atoms with Crippen LogP contribution in [0.25, 0.3) is 0 Å². The quantitative estimate of drug-likeness (QED) is 0.773. The molecule has 0 aromatic carbocycles. The molecular weight excluding hydrogens is 226 g/mol. The highest BCUT2D eigenvalue weighted by Gasteiger charge is 2.08. The van der Waals surface area contributed by atoms with Crippen LogP contribution in [0.2, 0.25) is 0 Å². The average Bonchev–Trinajstić information content (AvgIpc) is 2.71. The van der Waals surface area contributed by atoms with Gasteiger partial charge in [0.25, 0.3) is 0 Å². The Morgan fingerprint density at radius 3 is 2.67 bits per heavy atom. The van der Waals surface area contributed by atoms with Crippen molar-refractivity contribution in [3.63, 3.8) is 0 Å². The van der Waals surface area contributed by atoms with Gasteiger partial charge in [-0.15, -0.1) is 0 Å². The molecule has 0 atom stereocenters. The maximum atomic E-state index is 5.34. The Morgan fingerprint density at radius 1 is 1.33 bits per heavy atom. The molecule has 104 valence electrons. The van der Waals surface area contributed by atoms with Gasteiger partial charge >= 0.3 is 0 Å². The maximum Gasteiger partial charge on any atom is 0.151 e. The van der Waals surface area contributed by atoms with E-state index in [1.54, 1.807) is 0 Å². The summed E-state index contributed by atoms with van der Waals surface area (Å²) in [4.78, 5) is 2.28. The van der Waals surface area contributed by atoms with Crippen LogP contribution in [0.5, 0.6) is 0 Å². The zero-order valence-electron chi connectivity index (χ0n) is 12.4. The Bertz CT molecular complexity index is 334. The van der Waals surface area contributed by atoms with E-state index >= 15 is 0 Å². The second-order valence-corrected chi connectivity index (χ2v) is 5.74. The van der Waals surface area contributed by atoms with E-state index in [2.05, 4.69) is 50.1 Å². The van der Waals surface area contributed by atoms with Crippen LogP contribution in [0.15, 0.2) is 10.6 Å². The second kappa shape index (κ2) is 7.54. The van der Waals surface area contributed by atoms with Crippen LogP contribution in [0.4, 0.5) is 0 Å². The van der Waals surface area contributed by atoms with E-state index in [1.807, 2.05) is 6.07 Å². The number of nitrogens with one attached hydrogen (secondary N) is 1. The minimum absolute atomic E-state index is 0.471. The summed E-state index contributed by atoms with van der Waals surface area (Å²) in [5.74, 6) is 1.69. The molecule has 18 heavy (non-hydrogen) atoms. The van der Waals surface area contributed by atoms with Gasteiger partial charge in [-0.1, -0.05) is 32.9 Å². The van der Waals surface area contributed by atoms with Gasteiger partial charge in [0.1, 0.15) is 0 Å². The highest BCUT2D eigenvalue weighted by molar-refractivity contribution is 5.05. The van der Waals surface area contributed by atoms with Gasteiger partial charge in [-0.3, -0.25) is 4.90 Å². The van der Waals surface area contributed by atoms with Crippen LogP contribution < -0.4 is 5.32 Å². The van der Waals surface area contributed by atoms with Crippen molar-refractivity contribution in [2.75, 3.05) is 13.6 Å². The molecule has 0 aliphatic carbocycles. The van der Waals surface area contributed by atoms with Crippen LogP contribution in [0.3, 0.4) is 0 Å². The SMILES string of the molecule is CC(C)CCN(C)Cc1cc(CNC(C)C)no1. The van der Waals surface area contributed by atoms with E-state index in [-0.39, 0.29) is 0 Å². The largest absolute Gasteiger partial charge is 0.360 e. The van der Waals surface area contributed by atoms with E-state index in [9.17, 15) is 0 Å². The molecule has 0 aliphatic heterocycles. The minimum atomic E-state index is 0.471. The number of hydrogen-bond acceptors (Lipinski definition) is 4. The lowest BCUT2D eigenvalue weighted by Crippen LogP contribution is -2.22. The summed E-state index contributed by atoms with van der Waals surface area (Å²) in [5, 5.41) is 7.40. The molecule has 0 aliphatic rings. The summed E-state index contributed by atoms with van der Waals surface area (Å²) in [6.45, 7) is 11.5. The third kappa shape index (κ3) is 6.17. The first-order valence-electron chi connectivity index (χ1n) is 6.83. The normalized spacial score (nSPS) is 12.0. The lowest BCUT2D eigenvalue weighted by atomic mass is 10.1. The highest BCUT2D eigenvalue weighted by atomic mass is 16.5. The molecule has 4 heteroatoms.